The summed E-state index contributed by atoms with van der Waals surface area (Å²) < 4.78 is 0. The molecule has 0 bridgehead atoms. The highest BCUT2D eigenvalue weighted by atomic mass is 16.4. The molecule has 0 saturated carbocycles. The van der Waals surface area contributed by atoms with E-state index in [2.05, 4.69) is 0 Å². The lowest BCUT2D eigenvalue weighted by molar-refractivity contribution is -0.149. The first-order valence-corrected chi connectivity index (χ1v) is 8.07. The molecule has 1 aromatic rings. The largest absolute Gasteiger partial charge is 0.480 e. The van der Waals surface area contributed by atoms with E-state index in [4.69, 9.17) is 0 Å². The molecule has 0 aromatic heterocycles. The van der Waals surface area contributed by atoms with Crippen LogP contribution in [0.3, 0.4) is 0 Å². The van der Waals surface area contributed by atoms with Crippen molar-refractivity contribution < 1.29 is 19.5 Å². The van der Waals surface area contributed by atoms with Crippen LogP contribution in [0.25, 0.3) is 6.08 Å². The number of hydrogen-bond donors (Lipinski definition) is 1. The number of carboxylic acid groups (broad SMARTS) is 1. The normalized spacial score (nSPS) is 22.4. The van der Waals surface area contributed by atoms with Crippen LogP contribution in [0.15, 0.2) is 30.5 Å². The molecule has 0 radical (unpaired) electrons. The van der Waals surface area contributed by atoms with Crippen molar-refractivity contribution in [3.05, 3.63) is 41.6 Å². The number of fused-ring (bicyclic) bond motifs is 1. The van der Waals surface area contributed by atoms with E-state index in [9.17, 15) is 19.5 Å². The highest BCUT2D eigenvalue weighted by Crippen LogP contribution is 2.34. The van der Waals surface area contributed by atoms with Gasteiger partial charge in [-0.3, -0.25) is 9.59 Å². The number of likely N-dealkylation sites (tertiary alicyclic amines) is 1. The van der Waals surface area contributed by atoms with Gasteiger partial charge in [0.15, 0.2) is 0 Å². The van der Waals surface area contributed by atoms with E-state index < -0.39 is 18.1 Å². The van der Waals surface area contributed by atoms with E-state index >= 15 is 0 Å². The summed E-state index contributed by atoms with van der Waals surface area (Å²) in [4.78, 5) is 38.9. The van der Waals surface area contributed by atoms with Crippen LogP contribution in [-0.2, 0) is 14.4 Å². The average molecular weight is 328 g/mol. The second-order valence-corrected chi connectivity index (χ2v) is 6.17. The van der Waals surface area contributed by atoms with Crippen molar-refractivity contribution in [2.24, 2.45) is 0 Å². The highest BCUT2D eigenvalue weighted by molar-refractivity contribution is 5.86. The molecule has 2 aliphatic heterocycles. The summed E-state index contributed by atoms with van der Waals surface area (Å²) in [6, 6.07) is 6.49. The Hall–Kier alpha value is -2.63. The Morgan fingerprint density at radius 1 is 1.25 bits per heavy atom. The molecule has 1 saturated heterocycles. The molecule has 1 fully saturated rings. The van der Waals surface area contributed by atoms with Crippen molar-refractivity contribution in [3.8, 4) is 0 Å². The van der Waals surface area contributed by atoms with Crippen LogP contribution < -0.4 is 0 Å². The molecule has 6 heteroatoms. The predicted molar refractivity (Wildman–Crippen MR) is 87.7 cm³/mol. The minimum absolute atomic E-state index is 0.0880. The second kappa shape index (κ2) is 6.47. The van der Waals surface area contributed by atoms with Gasteiger partial charge in [-0.15, -0.1) is 0 Å². The molecular formula is C18H20N2O4. The maximum atomic E-state index is 12.7. The zero-order chi connectivity index (χ0) is 17.3. The molecule has 2 atom stereocenters. The van der Waals surface area contributed by atoms with Crippen molar-refractivity contribution in [2.75, 3.05) is 6.54 Å². The predicted octanol–water partition coefficient (Wildman–Crippen LogP) is 2.03. The molecular weight excluding hydrogens is 308 g/mol. The third kappa shape index (κ3) is 2.91. The van der Waals surface area contributed by atoms with Gasteiger partial charge in [-0.25, -0.2) is 4.79 Å². The van der Waals surface area contributed by atoms with E-state index in [0.29, 0.717) is 19.4 Å². The molecule has 3 rings (SSSR count). The number of amides is 2. The number of nitrogens with zero attached hydrogens (tertiary/aromatic N) is 2. The molecule has 24 heavy (non-hydrogen) atoms. The second-order valence-electron chi connectivity index (χ2n) is 6.17. The highest BCUT2D eigenvalue weighted by Gasteiger charge is 2.36. The molecule has 2 unspecified atom stereocenters. The number of benzene rings is 1. The molecule has 0 aliphatic carbocycles. The lowest BCUT2D eigenvalue weighted by Gasteiger charge is -2.33. The van der Waals surface area contributed by atoms with Crippen LogP contribution in [-0.4, -0.2) is 45.3 Å². The van der Waals surface area contributed by atoms with Crippen LogP contribution in [0.5, 0.6) is 0 Å². The lowest BCUT2D eigenvalue weighted by atomic mass is 9.93. The summed E-state index contributed by atoms with van der Waals surface area (Å²) >= 11 is 0. The van der Waals surface area contributed by atoms with Gasteiger partial charge >= 0.3 is 5.97 Å². The van der Waals surface area contributed by atoms with E-state index in [1.807, 2.05) is 30.3 Å². The van der Waals surface area contributed by atoms with Gasteiger partial charge in [0.2, 0.25) is 11.8 Å². The Balaban J connectivity index is 1.86. The van der Waals surface area contributed by atoms with Gasteiger partial charge in [0.05, 0.1) is 12.5 Å². The number of aliphatic carboxylic acids is 1. The fraction of sp³-hybridized carbons (Fsp3) is 0.389. The average Bonchev–Trinajstić information content (AvgIpc) is 3.04. The first-order chi connectivity index (χ1) is 11.5. The molecule has 2 amide bonds. The van der Waals surface area contributed by atoms with Crippen molar-refractivity contribution in [1.29, 1.82) is 0 Å². The van der Waals surface area contributed by atoms with Gasteiger partial charge in [-0.2, -0.15) is 0 Å². The summed E-state index contributed by atoms with van der Waals surface area (Å²) in [5.74, 6) is -1.33. The molecule has 2 heterocycles. The van der Waals surface area contributed by atoms with Crippen LogP contribution in [0.2, 0.25) is 0 Å². The van der Waals surface area contributed by atoms with Gasteiger partial charge in [-0.05, 0) is 30.0 Å². The SMILES string of the molecule is CC(=O)N1C=Cc2ccccc2C1CC(=O)N1CCCC1C(=O)O. The minimum Gasteiger partial charge on any atom is -0.480 e. The van der Waals surface area contributed by atoms with E-state index in [1.54, 1.807) is 11.1 Å². The quantitative estimate of drug-likeness (QED) is 0.921. The summed E-state index contributed by atoms with van der Waals surface area (Å²) in [6.07, 6.45) is 4.82. The molecule has 0 spiro atoms. The third-order valence-corrected chi connectivity index (χ3v) is 4.70. The Labute approximate surface area is 140 Å². The van der Waals surface area contributed by atoms with E-state index in [1.165, 1.54) is 11.8 Å². The Kier molecular flexibility index (Phi) is 4.38. The van der Waals surface area contributed by atoms with E-state index in [0.717, 1.165) is 11.1 Å². The standard InChI is InChI=1S/C18H20N2O4/c1-12(21)19-10-8-13-5-2-3-6-14(13)16(19)11-17(22)20-9-4-7-15(20)18(23)24/h2-3,5-6,8,10,15-16H,4,7,9,11H2,1H3,(H,23,24). The molecule has 6 nitrogen and oxygen atoms in total. The Morgan fingerprint density at radius 3 is 2.71 bits per heavy atom. The van der Waals surface area contributed by atoms with Crippen LogP contribution >= 0.6 is 0 Å². The van der Waals surface area contributed by atoms with Gasteiger partial charge < -0.3 is 14.9 Å². The van der Waals surface area contributed by atoms with Crippen LogP contribution in [0, 0.1) is 0 Å². The van der Waals surface area contributed by atoms with Crippen LogP contribution in [0.1, 0.15) is 43.4 Å². The minimum atomic E-state index is -0.965. The fourth-order valence-electron chi connectivity index (χ4n) is 3.52. The first kappa shape index (κ1) is 16.2. The molecule has 126 valence electrons. The van der Waals surface area contributed by atoms with Crippen molar-refractivity contribution in [1.82, 2.24) is 9.80 Å². The van der Waals surface area contributed by atoms with Crippen molar-refractivity contribution in [3.63, 3.8) is 0 Å². The number of carboxylic acids is 1. The van der Waals surface area contributed by atoms with Gasteiger partial charge in [0.25, 0.3) is 0 Å². The summed E-state index contributed by atoms with van der Waals surface area (Å²) in [6.45, 7) is 1.92. The van der Waals surface area contributed by atoms with Crippen molar-refractivity contribution in [2.45, 2.75) is 38.3 Å². The lowest BCUT2D eigenvalue weighted by Crippen LogP contribution is -2.42. The topological polar surface area (TPSA) is 77.9 Å². The van der Waals surface area contributed by atoms with Crippen LogP contribution in [0.4, 0.5) is 0 Å². The summed E-state index contributed by atoms with van der Waals surface area (Å²) in [7, 11) is 0. The number of hydrogen-bond acceptors (Lipinski definition) is 3. The smallest absolute Gasteiger partial charge is 0.326 e. The molecule has 1 aromatic carbocycles. The fourth-order valence-corrected chi connectivity index (χ4v) is 3.52. The van der Waals surface area contributed by atoms with Gasteiger partial charge in [-0.1, -0.05) is 24.3 Å². The molecule has 1 N–H and O–H groups in total. The maximum absolute atomic E-state index is 12.7. The number of carbonyl (C=O) groups is 3. The monoisotopic (exact) mass is 328 g/mol. The molecule has 2 aliphatic rings. The third-order valence-electron chi connectivity index (χ3n) is 4.70. The number of rotatable bonds is 3. The Bertz CT molecular complexity index is 713. The first-order valence-electron chi connectivity index (χ1n) is 8.07. The van der Waals surface area contributed by atoms with Gasteiger partial charge in [0, 0.05) is 19.7 Å². The van der Waals surface area contributed by atoms with E-state index in [-0.39, 0.29) is 18.2 Å². The summed E-state index contributed by atoms with van der Waals surface area (Å²) in [5, 5.41) is 9.27. The Morgan fingerprint density at radius 2 is 2.00 bits per heavy atom. The summed E-state index contributed by atoms with van der Waals surface area (Å²) in [5.41, 5.74) is 1.89. The zero-order valence-corrected chi connectivity index (χ0v) is 13.5. The van der Waals surface area contributed by atoms with Gasteiger partial charge in [0.1, 0.15) is 6.04 Å². The maximum Gasteiger partial charge on any atom is 0.326 e. The zero-order valence-electron chi connectivity index (χ0n) is 13.5. The van der Waals surface area contributed by atoms with Crippen molar-refractivity contribution >= 4 is 23.9 Å². The number of carbonyl (C=O) groups excluding carboxylic acids is 2.